The van der Waals surface area contributed by atoms with E-state index in [9.17, 15) is 0 Å². The van der Waals surface area contributed by atoms with Crippen LogP contribution in [0.3, 0.4) is 0 Å². The number of pyridine rings is 1. The smallest absolute Gasteiger partial charge is 0.0777 e. The molecule has 0 N–H and O–H groups in total. The molecule has 4 heterocycles. The van der Waals surface area contributed by atoms with E-state index in [0.717, 1.165) is 33.7 Å². The maximum atomic E-state index is 4.96. The third kappa shape index (κ3) is 4.54. The summed E-state index contributed by atoms with van der Waals surface area (Å²) in [4.78, 5) is 9.28. The van der Waals surface area contributed by atoms with Gasteiger partial charge in [0.2, 0.25) is 0 Å². The number of hydrogen-bond donors (Lipinski definition) is 0. The van der Waals surface area contributed by atoms with Gasteiger partial charge in [-0.1, -0.05) is 60.7 Å². The molecular weight excluding hydrogens is 753 g/mol. The number of imidazole rings is 1. The Balaban J connectivity index is 0.000000196. The van der Waals surface area contributed by atoms with Gasteiger partial charge in [-0.3, -0.25) is 4.98 Å². The van der Waals surface area contributed by atoms with Gasteiger partial charge in [-0.15, -0.1) is 71.8 Å². The van der Waals surface area contributed by atoms with Gasteiger partial charge in [0.15, 0.2) is 0 Å². The van der Waals surface area contributed by atoms with Crippen LogP contribution in [-0.2, 0) is 27.2 Å². The van der Waals surface area contributed by atoms with Crippen LogP contribution in [0.1, 0.15) is 5.56 Å². The minimum atomic E-state index is 0. The predicted octanol–water partition coefficient (Wildman–Crippen LogP) is 10.2. The van der Waals surface area contributed by atoms with Crippen molar-refractivity contribution in [2.75, 3.05) is 0 Å². The first-order valence-corrected chi connectivity index (χ1v) is 15.5. The standard InChI is InChI=1S/C30H18N3.C12H10N.Ir/c1-32-29-22-15-17-26-27(20(22)14-16-24(29)31-30(32)18-8-3-2-4-9-18)23-12-7-11-21-19-10-5-6-13-25(19)33(26)28(21)23;1-10-7-8-12(13-9-10)11-5-3-2-4-6-11;/h2-8,10-17H,1H3;2-5,7-9H,1H3;/q2*-1;. The molecule has 1 radical (unpaired) electrons. The molecule has 47 heavy (non-hydrogen) atoms. The van der Waals surface area contributed by atoms with Crippen molar-refractivity contribution in [3.63, 3.8) is 0 Å². The molecule has 0 aliphatic carbocycles. The molecule has 0 aliphatic rings. The molecule has 6 aromatic carbocycles. The molecule has 0 saturated carbocycles. The summed E-state index contributed by atoms with van der Waals surface area (Å²) >= 11 is 0. The van der Waals surface area contributed by atoms with Gasteiger partial charge in [-0.2, -0.15) is 0 Å². The van der Waals surface area contributed by atoms with Crippen molar-refractivity contribution in [2.45, 2.75) is 6.92 Å². The molecule has 0 bridgehead atoms. The number of para-hydroxylation sites is 2. The minimum absolute atomic E-state index is 0. The van der Waals surface area contributed by atoms with E-state index in [1.807, 2.05) is 61.7 Å². The molecule has 0 atom stereocenters. The summed E-state index contributed by atoms with van der Waals surface area (Å²) in [5, 5.41) is 7.75. The SMILES string of the molecule is Cc1ccc(-c2[c-]cccc2)nc1.Cn1c(-c2[c-]cccc2)nc2ccc3c(ccc4c3c3cccc5c6ccccc6n4c53)c21.[Ir]. The van der Waals surface area contributed by atoms with Crippen LogP contribution >= 0.6 is 0 Å². The summed E-state index contributed by atoms with van der Waals surface area (Å²) in [6.45, 7) is 2.03. The van der Waals surface area contributed by atoms with E-state index in [0.29, 0.717) is 0 Å². The molecule has 4 aromatic heterocycles. The quantitative estimate of drug-likeness (QED) is 0.164. The Morgan fingerprint density at radius 2 is 1.28 bits per heavy atom. The average Bonchev–Trinajstić information content (AvgIpc) is 3.76. The van der Waals surface area contributed by atoms with Crippen LogP contribution in [-0.4, -0.2) is 18.9 Å². The van der Waals surface area contributed by atoms with Crippen molar-refractivity contribution < 1.29 is 20.1 Å². The Bertz CT molecular complexity index is 2690. The van der Waals surface area contributed by atoms with Gasteiger partial charge in [0, 0.05) is 60.3 Å². The van der Waals surface area contributed by atoms with Gasteiger partial charge < -0.3 is 14.0 Å². The fraction of sp³-hybridized carbons (Fsp3) is 0.0476. The van der Waals surface area contributed by atoms with Gasteiger partial charge in [0.1, 0.15) is 0 Å². The van der Waals surface area contributed by atoms with Crippen molar-refractivity contribution in [1.29, 1.82) is 0 Å². The van der Waals surface area contributed by atoms with Gasteiger partial charge in [0.05, 0.1) is 33.4 Å². The van der Waals surface area contributed by atoms with Gasteiger partial charge >= 0.3 is 0 Å². The van der Waals surface area contributed by atoms with Crippen molar-refractivity contribution in [1.82, 2.24) is 18.9 Å². The molecule has 10 rings (SSSR count). The molecule has 0 saturated heterocycles. The van der Waals surface area contributed by atoms with E-state index < -0.39 is 0 Å². The normalized spacial score (nSPS) is 11.4. The van der Waals surface area contributed by atoms with E-state index in [2.05, 4.69) is 112 Å². The third-order valence-electron chi connectivity index (χ3n) is 9.06. The van der Waals surface area contributed by atoms with E-state index in [4.69, 9.17) is 4.98 Å². The Morgan fingerprint density at radius 1 is 0.574 bits per heavy atom. The first kappa shape index (κ1) is 29.1. The van der Waals surface area contributed by atoms with Crippen LogP contribution in [0.15, 0.2) is 134 Å². The summed E-state index contributed by atoms with van der Waals surface area (Å²) < 4.78 is 4.65. The van der Waals surface area contributed by atoms with Crippen LogP contribution in [0, 0.1) is 19.1 Å². The fourth-order valence-corrected chi connectivity index (χ4v) is 7.00. The number of hydrogen-bond acceptors (Lipinski definition) is 2. The van der Waals surface area contributed by atoms with Crippen molar-refractivity contribution in [2.24, 2.45) is 7.05 Å². The largest absolute Gasteiger partial charge is 0.366 e. The molecule has 227 valence electrons. The van der Waals surface area contributed by atoms with E-state index in [1.54, 1.807) is 0 Å². The molecule has 0 amide bonds. The molecular formula is C42H28IrN4-2. The van der Waals surface area contributed by atoms with Crippen LogP contribution in [0.4, 0.5) is 0 Å². The van der Waals surface area contributed by atoms with Gasteiger partial charge in [-0.25, -0.2) is 0 Å². The Hall–Kier alpha value is -5.35. The zero-order valence-corrected chi connectivity index (χ0v) is 28.2. The van der Waals surface area contributed by atoms with Crippen LogP contribution in [0.25, 0.3) is 82.5 Å². The molecule has 0 aliphatic heterocycles. The molecule has 4 nitrogen and oxygen atoms in total. The second kappa shape index (κ2) is 11.5. The van der Waals surface area contributed by atoms with Crippen LogP contribution < -0.4 is 0 Å². The van der Waals surface area contributed by atoms with Crippen molar-refractivity contribution in [3.8, 4) is 22.6 Å². The maximum Gasteiger partial charge on any atom is 0.0777 e. The third-order valence-corrected chi connectivity index (χ3v) is 9.06. The summed E-state index contributed by atoms with van der Waals surface area (Å²) in [5.74, 6) is 0.943. The van der Waals surface area contributed by atoms with Crippen molar-refractivity contribution >= 4 is 59.9 Å². The Morgan fingerprint density at radius 3 is 2.04 bits per heavy atom. The monoisotopic (exact) mass is 781 g/mol. The van der Waals surface area contributed by atoms with E-state index >= 15 is 0 Å². The first-order chi connectivity index (χ1) is 22.7. The topological polar surface area (TPSA) is 35.1 Å². The summed E-state index contributed by atoms with van der Waals surface area (Å²) in [6.07, 6.45) is 1.87. The van der Waals surface area contributed by atoms with E-state index in [1.165, 1.54) is 54.4 Å². The maximum absolute atomic E-state index is 4.96. The molecule has 10 aromatic rings. The van der Waals surface area contributed by atoms with Gasteiger partial charge in [0.25, 0.3) is 0 Å². The van der Waals surface area contributed by atoms with Crippen LogP contribution in [0.2, 0.25) is 0 Å². The summed E-state index contributed by atoms with van der Waals surface area (Å²) in [6, 6.07) is 50.8. The van der Waals surface area contributed by atoms with Gasteiger partial charge in [-0.05, 0) is 41.8 Å². The van der Waals surface area contributed by atoms with E-state index in [-0.39, 0.29) is 20.1 Å². The second-order valence-corrected chi connectivity index (χ2v) is 11.8. The number of benzene rings is 6. The zero-order valence-electron chi connectivity index (χ0n) is 25.8. The molecule has 0 spiro atoms. The number of aromatic nitrogens is 4. The minimum Gasteiger partial charge on any atom is -0.366 e. The fourth-order valence-electron chi connectivity index (χ4n) is 7.00. The average molecular weight is 781 g/mol. The Kier molecular flexibility index (Phi) is 7.09. The summed E-state index contributed by atoms with van der Waals surface area (Å²) in [7, 11) is 2.11. The zero-order chi connectivity index (χ0) is 30.8. The second-order valence-electron chi connectivity index (χ2n) is 11.8. The van der Waals surface area contributed by atoms with Crippen LogP contribution in [0.5, 0.6) is 0 Å². The number of fused-ring (bicyclic) bond motifs is 10. The van der Waals surface area contributed by atoms with Crippen molar-refractivity contribution in [3.05, 3.63) is 151 Å². The number of rotatable bonds is 2. The molecule has 0 fully saturated rings. The molecule has 5 heteroatoms. The predicted molar refractivity (Wildman–Crippen MR) is 190 cm³/mol. The summed E-state index contributed by atoms with van der Waals surface area (Å²) in [5.41, 5.74) is 10.2. The molecule has 0 unspecified atom stereocenters. The Labute approximate surface area is 285 Å². The number of nitrogens with zero attached hydrogens (tertiary/aromatic N) is 4. The number of aryl methyl sites for hydroxylation is 2. The first-order valence-electron chi connectivity index (χ1n) is 15.5.